The van der Waals surface area contributed by atoms with Gasteiger partial charge in [-0.2, -0.15) is 5.10 Å². The Kier molecular flexibility index (Phi) is 4.25. The quantitative estimate of drug-likeness (QED) is 0.744. The SMILES string of the molecule is NCCCn1ccc2cc(C(=O)Nc3cc4n(n3)CCOC4)ccc21. The summed E-state index contributed by atoms with van der Waals surface area (Å²) in [5.74, 6) is 0.402. The zero-order valence-electron chi connectivity index (χ0n) is 13.9. The minimum absolute atomic E-state index is 0.159. The fourth-order valence-electron chi connectivity index (χ4n) is 3.14. The second-order valence-electron chi connectivity index (χ2n) is 6.18. The number of aryl methyl sites for hydroxylation is 1. The summed E-state index contributed by atoms with van der Waals surface area (Å²) in [5.41, 5.74) is 8.29. The van der Waals surface area contributed by atoms with E-state index < -0.39 is 0 Å². The molecule has 4 rings (SSSR count). The number of nitrogens with one attached hydrogen (secondary N) is 1. The summed E-state index contributed by atoms with van der Waals surface area (Å²) in [6.07, 6.45) is 2.96. The first-order valence-corrected chi connectivity index (χ1v) is 8.49. The summed E-state index contributed by atoms with van der Waals surface area (Å²) in [7, 11) is 0. The molecule has 0 aliphatic carbocycles. The molecule has 25 heavy (non-hydrogen) atoms. The number of rotatable bonds is 5. The predicted octanol–water partition coefficient (Wildman–Crippen LogP) is 1.97. The summed E-state index contributed by atoms with van der Waals surface area (Å²) >= 11 is 0. The van der Waals surface area contributed by atoms with Gasteiger partial charge in [-0.3, -0.25) is 9.48 Å². The van der Waals surface area contributed by atoms with Crippen LogP contribution >= 0.6 is 0 Å². The van der Waals surface area contributed by atoms with Gasteiger partial charge in [-0.1, -0.05) is 0 Å². The number of hydrogen-bond donors (Lipinski definition) is 2. The standard InChI is InChI=1S/C18H21N5O2/c19-5-1-6-22-7-4-13-10-14(2-3-16(13)22)18(24)20-17-11-15-12-25-9-8-23(15)21-17/h2-4,7,10-11H,1,5-6,8-9,12,19H2,(H,20,21,24). The van der Waals surface area contributed by atoms with Gasteiger partial charge in [-0.15, -0.1) is 0 Å². The van der Waals surface area contributed by atoms with Crippen molar-refractivity contribution < 1.29 is 9.53 Å². The van der Waals surface area contributed by atoms with Gasteiger partial charge >= 0.3 is 0 Å². The Morgan fingerprint density at radius 1 is 1.32 bits per heavy atom. The van der Waals surface area contributed by atoms with Crippen LogP contribution in [-0.4, -0.2) is 33.4 Å². The summed E-state index contributed by atoms with van der Waals surface area (Å²) < 4.78 is 9.43. The van der Waals surface area contributed by atoms with Crippen LogP contribution in [0.5, 0.6) is 0 Å². The molecule has 0 radical (unpaired) electrons. The Labute approximate surface area is 145 Å². The van der Waals surface area contributed by atoms with Crippen molar-refractivity contribution >= 4 is 22.6 Å². The van der Waals surface area contributed by atoms with Crippen molar-refractivity contribution in [2.24, 2.45) is 5.73 Å². The summed E-state index contributed by atoms with van der Waals surface area (Å²) in [6, 6.07) is 9.61. The number of hydrogen-bond acceptors (Lipinski definition) is 4. The first-order valence-electron chi connectivity index (χ1n) is 8.49. The first kappa shape index (κ1) is 15.9. The fourth-order valence-corrected chi connectivity index (χ4v) is 3.14. The number of nitrogens with zero attached hydrogens (tertiary/aromatic N) is 3. The third-order valence-electron chi connectivity index (χ3n) is 4.44. The molecule has 7 nitrogen and oxygen atoms in total. The zero-order valence-corrected chi connectivity index (χ0v) is 13.9. The third-order valence-corrected chi connectivity index (χ3v) is 4.44. The number of anilines is 1. The molecule has 0 fully saturated rings. The minimum Gasteiger partial charge on any atom is -0.373 e. The summed E-state index contributed by atoms with van der Waals surface area (Å²) in [6.45, 7) is 3.45. The van der Waals surface area contributed by atoms with Crippen molar-refractivity contribution in [3.05, 3.63) is 47.8 Å². The van der Waals surface area contributed by atoms with Gasteiger partial charge in [0, 0.05) is 35.3 Å². The lowest BCUT2D eigenvalue weighted by Gasteiger charge is -2.12. The molecular formula is C18H21N5O2. The lowest BCUT2D eigenvalue weighted by Crippen LogP contribution is -2.17. The maximum absolute atomic E-state index is 12.5. The molecule has 7 heteroatoms. The zero-order chi connectivity index (χ0) is 17.2. The van der Waals surface area contributed by atoms with Gasteiger partial charge in [0.15, 0.2) is 5.82 Å². The molecule has 3 aromatic rings. The monoisotopic (exact) mass is 339 g/mol. The van der Waals surface area contributed by atoms with Crippen LogP contribution in [0.3, 0.4) is 0 Å². The molecule has 0 saturated heterocycles. The lowest BCUT2D eigenvalue weighted by atomic mass is 10.1. The maximum Gasteiger partial charge on any atom is 0.256 e. The van der Waals surface area contributed by atoms with Crippen molar-refractivity contribution in [1.29, 1.82) is 0 Å². The van der Waals surface area contributed by atoms with Crippen LogP contribution in [0.15, 0.2) is 36.5 Å². The van der Waals surface area contributed by atoms with Crippen LogP contribution in [0.1, 0.15) is 22.5 Å². The molecule has 130 valence electrons. The highest BCUT2D eigenvalue weighted by atomic mass is 16.5. The predicted molar refractivity (Wildman–Crippen MR) is 95.4 cm³/mol. The van der Waals surface area contributed by atoms with E-state index in [1.165, 1.54) is 0 Å². The van der Waals surface area contributed by atoms with Gasteiger partial charge < -0.3 is 20.4 Å². The summed E-state index contributed by atoms with van der Waals surface area (Å²) in [5, 5.41) is 8.32. The molecule has 1 amide bonds. The van der Waals surface area contributed by atoms with Crippen molar-refractivity contribution in [2.45, 2.75) is 26.1 Å². The normalized spacial score (nSPS) is 13.8. The molecule has 0 atom stereocenters. The summed E-state index contributed by atoms with van der Waals surface area (Å²) in [4.78, 5) is 12.5. The Hall–Kier alpha value is -2.64. The number of nitrogens with two attached hydrogens (primary N) is 1. The Bertz CT molecular complexity index is 888. The number of amides is 1. The van der Waals surface area contributed by atoms with Crippen LogP contribution in [0.25, 0.3) is 10.9 Å². The molecule has 1 aliphatic heterocycles. The van der Waals surface area contributed by atoms with Gasteiger partial charge in [0.25, 0.3) is 5.91 Å². The van der Waals surface area contributed by atoms with Gasteiger partial charge in [-0.05, 0) is 37.2 Å². The van der Waals surface area contributed by atoms with E-state index in [0.717, 1.165) is 29.6 Å². The molecule has 0 unspecified atom stereocenters. The maximum atomic E-state index is 12.5. The Balaban J connectivity index is 1.52. The number of carbonyl (C=O) groups excluding carboxylic acids is 1. The number of carbonyl (C=O) groups is 1. The van der Waals surface area contributed by atoms with Crippen LogP contribution in [-0.2, 0) is 24.4 Å². The van der Waals surface area contributed by atoms with E-state index in [-0.39, 0.29) is 5.91 Å². The highest BCUT2D eigenvalue weighted by molar-refractivity contribution is 6.05. The van der Waals surface area contributed by atoms with E-state index >= 15 is 0 Å². The smallest absolute Gasteiger partial charge is 0.256 e. The largest absolute Gasteiger partial charge is 0.373 e. The van der Waals surface area contributed by atoms with E-state index in [1.807, 2.05) is 41.2 Å². The molecule has 3 N–H and O–H groups in total. The molecule has 0 saturated carbocycles. The molecule has 3 heterocycles. The van der Waals surface area contributed by atoms with E-state index in [2.05, 4.69) is 15.0 Å². The number of benzene rings is 1. The van der Waals surface area contributed by atoms with Crippen molar-refractivity contribution in [3.8, 4) is 0 Å². The average molecular weight is 339 g/mol. The second-order valence-corrected chi connectivity index (χ2v) is 6.18. The van der Waals surface area contributed by atoms with Crippen LogP contribution in [0.2, 0.25) is 0 Å². The van der Waals surface area contributed by atoms with Crippen molar-refractivity contribution in [2.75, 3.05) is 18.5 Å². The average Bonchev–Trinajstić information content (AvgIpc) is 3.22. The Morgan fingerprint density at radius 2 is 2.24 bits per heavy atom. The third kappa shape index (κ3) is 3.16. The molecule has 0 bridgehead atoms. The van der Waals surface area contributed by atoms with Crippen molar-refractivity contribution in [1.82, 2.24) is 14.3 Å². The minimum atomic E-state index is -0.159. The highest BCUT2D eigenvalue weighted by Crippen LogP contribution is 2.20. The van der Waals surface area contributed by atoms with E-state index in [4.69, 9.17) is 10.5 Å². The van der Waals surface area contributed by atoms with E-state index in [9.17, 15) is 4.79 Å². The Morgan fingerprint density at radius 3 is 3.08 bits per heavy atom. The van der Waals surface area contributed by atoms with Crippen LogP contribution in [0, 0.1) is 0 Å². The highest BCUT2D eigenvalue weighted by Gasteiger charge is 2.15. The van der Waals surface area contributed by atoms with Crippen LogP contribution in [0.4, 0.5) is 5.82 Å². The second kappa shape index (κ2) is 6.70. The number of fused-ring (bicyclic) bond motifs is 2. The topological polar surface area (TPSA) is 87.1 Å². The van der Waals surface area contributed by atoms with Gasteiger partial charge in [0.1, 0.15) is 0 Å². The fraction of sp³-hybridized carbons (Fsp3) is 0.333. The number of ether oxygens (including phenoxy) is 1. The lowest BCUT2D eigenvalue weighted by molar-refractivity contribution is 0.0801. The number of aromatic nitrogens is 3. The molecular weight excluding hydrogens is 318 g/mol. The molecule has 0 spiro atoms. The van der Waals surface area contributed by atoms with Gasteiger partial charge in [-0.25, -0.2) is 0 Å². The van der Waals surface area contributed by atoms with E-state index in [0.29, 0.717) is 37.7 Å². The molecule has 1 aliphatic rings. The first-order chi connectivity index (χ1) is 12.2. The van der Waals surface area contributed by atoms with Crippen molar-refractivity contribution in [3.63, 3.8) is 0 Å². The molecule has 2 aromatic heterocycles. The van der Waals surface area contributed by atoms with Gasteiger partial charge in [0.2, 0.25) is 0 Å². The molecule has 1 aromatic carbocycles. The van der Waals surface area contributed by atoms with Gasteiger partial charge in [0.05, 0.1) is 25.5 Å². The van der Waals surface area contributed by atoms with E-state index in [1.54, 1.807) is 0 Å². The van der Waals surface area contributed by atoms with Crippen LogP contribution < -0.4 is 11.1 Å².